The molecule has 0 atom stereocenters. The number of rotatable bonds is 6. The van der Waals surface area contributed by atoms with E-state index in [-0.39, 0.29) is 5.78 Å². The SMILES string of the molecule is [CH3][SnH]([CH3])[CH2]CCCOc1ccc2c(c1)C(=O)CCO2. The second-order valence-electron chi connectivity index (χ2n) is 5.42. The number of hydrogen-bond donors (Lipinski definition) is 0. The summed E-state index contributed by atoms with van der Waals surface area (Å²) in [4.78, 5) is 16.6. The van der Waals surface area contributed by atoms with Crippen molar-refractivity contribution < 1.29 is 14.3 Å². The van der Waals surface area contributed by atoms with Crippen molar-refractivity contribution in [3.05, 3.63) is 23.8 Å². The van der Waals surface area contributed by atoms with Gasteiger partial charge in [-0.1, -0.05) is 0 Å². The molecule has 0 aliphatic carbocycles. The van der Waals surface area contributed by atoms with Gasteiger partial charge in [-0.05, 0) is 0 Å². The molecule has 0 unspecified atom stereocenters. The summed E-state index contributed by atoms with van der Waals surface area (Å²) in [6, 6.07) is 5.55. The molecular formula is C15H22O3Sn. The predicted octanol–water partition coefficient (Wildman–Crippen LogP) is 3.30. The van der Waals surface area contributed by atoms with E-state index in [1.54, 1.807) is 0 Å². The summed E-state index contributed by atoms with van der Waals surface area (Å²) in [7, 11) is 0. The normalized spacial score (nSPS) is 14.2. The van der Waals surface area contributed by atoms with Crippen LogP contribution in [0.5, 0.6) is 11.5 Å². The number of benzene rings is 1. The molecule has 0 radical (unpaired) electrons. The van der Waals surface area contributed by atoms with Crippen molar-refractivity contribution in [2.24, 2.45) is 0 Å². The van der Waals surface area contributed by atoms with Gasteiger partial charge in [0, 0.05) is 0 Å². The van der Waals surface area contributed by atoms with E-state index in [1.807, 2.05) is 18.2 Å². The number of hydrogen-bond acceptors (Lipinski definition) is 3. The van der Waals surface area contributed by atoms with Crippen molar-refractivity contribution in [2.45, 2.75) is 33.6 Å². The Morgan fingerprint density at radius 1 is 1.32 bits per heavy atom. The molecule has 1 aliphatic heterocycles. The molecule has 104 valence electrons. The molecule has 0 saturated carbocycles. The zero-order valence-electron chi connectivity index (χ0n) is 11.8. The van der Waals surface area contributed by atoms with Crippen LogP contribution in [-0.4, -0.2) is 38.8 Å². The van der Waals surface area contributed by atoms with Crippen LogP contribution in [0.4, 0.5) is 0 Å². The minimum absolute atomic E-state index is 0.153. The Hall–Kier alpha value is -0.711. The summed E-state index contributed by atoms with van der Waals surface area (Å²) in [6.07, 6.45) is 2.86. The summed E-state index contributed by atoms with van der Waals surface area (Å²) in [5.74, 6) is 1.63. The number of carbonyl (C=O) groups excluding carboxylic acids is 1. The number of ether oxygens (including phenoxy) is 2. The second-order valence-corrected chi connectivity index (χ2v) is 15.0. The first-order chi connectivity index (χ1) is 9.16. The van der Waals surface area contributed by atoms with Gasteiger partial charge in [0.2, 0.25) is 0 Å². The van der Waals surface area contributed by atoms with Crippen LogP contribution in [0, 0.1) is 0 Å². The third-order valence-corrected chi connectivity index (χ3v) is 7.74. The molecule has 0 N–H and O–H groups in total. The van der Waals surface area contributed by atoms with Gasteiger partial charge in [0.1, 0.15) is 0 Å². The number of carbonyl (C=O) groups is 1. The van der Waals surface area contributed by atoms with Crippen LogP contribution in [0.25, 0.3) is 0 Å². The van der Waals surface area contributed by atoms with Crippen molar-refractivity contribution in [2.75, 3.05) is 13.2 Å². The fourth-order valence-electron chi connectivity index (χ4n) is 2.18. The standard InChI is InChI=1S/C13H15O3.2CH3.Sn.H/c1-2-3-7-15-10-4-5-13-11(9-10)12(14)6-8-16-13;;;;/h4-5,9H,1-3,6-8H2;2*1H3;;. The topological polar surface area (TPSA) is 35.5 Å². The van der Waals surface area contributed by atoms with E-state index in [1.165, 1.54) is 10.9 Å². The van der Waals surface area contributed by atoms with E-state index in [0.29, 0.717) is 24.3 Å². The Morgan fingerprint density at radius 2 is 2.16 bits per heavy atom. The van der Waals surface area contributed by atoms with Gasteiger partial charge in [0.05, 0.1) is 0 Å². The quantitative estimate of drug-likeness (QED) is 0.570. The number of unbranched alkanes of at least 4 members (excludes halogenated alkanes) is 1. The average molecular weight is 369 g/mol. The van der Waals surface area contributed by atoms with Crippen LogP contribution in [0.15, 0.2) is 18.2 Å². The summed E-state index contributed by atoms with van der Waals surface area (Å²) >= 11 is -1.03. The maximum absolute atomic E-state index is 11.8. The van der Waals surface area contributed by atoms with Crippen molar-refractivity contribution in [3.8, 4) is 11.5 Å². The first-order valence-electron chi connectivity index (χ1n) is 7.09. The Morgan fingerprint density at radius 3 is 2.95 bits per heavy atom. The summed E-state index contributed by atoms with van der Waals surface area (Å²) < 4.78 is 12.6. The first kappa shape index (κ1) is 14.7. The van der Waals surface area contributed by atoms with Gasteiger partial charge in [0.15, 0.2) is 0 Å². The average Bonchev–Trinajstić information content (AvgIpc) is 2.39. The molecule has 0 fully saturated rings. The van der Waals surface area contributed by atoms with E-state index >= 15 is 0 Å². The fourth-order valence-corrected chi connectivity index (χ4v) is 5.33. The fraction of sp³-hybridized carbons (Fsp3) is 0.533. The third-order valence-electron chi connectivity index (χ3n) is 3.28. The second kappa shape index (κ2) is 7.17. The molecular weight excluding hydrogens is 347 g/mol. The van der Waals surface area contributed by atoms with Gasteiger partial charge in [0.25, 0.3) is 0 Å². The van der Waals surface area contributed by atoms with Crippen LogP contribution in [-0.2, 0) is 0 Å². The number of ketones is 1. The van der Waals surface area contributed by atoms with Crippen molar-refractivity contribution in [1.82, 2.24) is 0 Å². The Balaban J connectivity index is 1.84. The van der Waals surface area contributed by atoms with Gasteiger partial charge in [-0.25, -0.2) is 0 Å². The van der Waals surface area contributed by atoms with Crippen molar-refractivity contribution in [1.29, 1.82) is 0 Å². The van der Waals surface area contributed by atoms with E-state index in [4.69, 9.17) is 9.47 Å². The van der Waals surface area contributed by atoms with Crippen LogP contribution >= 0.6 is 0 Å². The molecule has 0 amide bonds. The van der Waals surface area contributed by atoms with Crippen molar-refractivity contribution >= 4 is 25.5 Å². The Labute approximate surface area is 122 Å². The number of fused-ring (bicyclic) bond motifs is 1. The van der Waals surface area contributed by atoms with E-state index in [9.17, 15) is 4.79 Å². The third kappa shape index (κ3) is 4.40. The van der Waals surface area contributed by atoms with Gasteiger partial charge in [-0.2, -0.15) is 0 Å². The van der Waals surface area contributed by atoms with Gasteiger partial charge >= 0.3 is 122 Å². The molecule has 1 aromatic rings. The van der Waals surface area contributed by atoms with E-state index in [2.05, 4.69) is 9.88 Å². The minimum atomic E-state index is -1.03. The molecule has 0 spiro atoms. The van der Waals surface area contributed by atoms with Gasteiger partial charge in [-0.15, -0.1) is 0 Å². The van der Waals surface area contributed by atoms with Crippen LogP contribution < -0.4 is 9.47 Å². The van der Waals surface area contributed by atoms with E-state index in [0.717, 1.165) is 18.8 Å². The molecule has 0 saturated heterocycles. The number of Topliss-reactive ketones (excluding diaryl/α,β-unsaturated/α-hetero) is 1. The zero-order chi connectivity index (χ0) is 13.7. The molecule has 3 nitrogen and oxygen atoms in total. The van der Waals surface area contributed by atoms with Crippen LogP contribution in [0.3, 0.4) is 0 Å². The molecule has 1 heterocycles. The molecule has 0 bridgehead atoms. The Bertz CT molecular complexity index is 443. The molecule has 2 rings (SSSR count). The molecule has 19 heavy (non-hydrogen) atoms. The summed E-state index contributed by atoms with van der Waals surface area (Å²) in [5, 5.41) is 0. The summed E-state index contributed by atoms with van der Waals surface area (Å²) in [6.45, 7) is 1.24. The molecule has 0 aromatic heterocycles. The molecule has 1 aliphatic rings. The molecule has 1 aromatic carbocycles. The van der Waals surface area contributed by atoms with Gasteiger partial charge < -0.3 is 0 Å². The Kier molecular flexibility index (Phi) is 5.55. The monoisotopic (exact) mass is 370 g/mol. The summed E-state index contributed by atoms with van der Waals surface area (Å²) in [5.41, 5.74) is 0.669. The molecule has 4 heteroatoms. The van der Waals surface area contributed by atoms with E-state index < -0.39 is 19.8 Å². The first-order valence-corrected chi connectivity index (χ1v) is 16.0. The van der Waals surface area contributed by atoms with Crippen LogP contribution in [0.1, 0.15) is 29.6 Å². The maximum atomic E-state index is 11.8. The van der Waals surface area contributed by atoms with Crippen molar-refractivity contribution in [3.63, 3.8) is 0 Å². The zero-order valence-corrected chi connectivity index (χ0v) is 15.1. The van der Waals surface area contributed by atoms with Gasteiger partial charge in [-0.3, -0.25) is 0 Å². The predicted molar refractivity (Wildman–Crippen MR) is 79.3 cm³/mol. The van der Waals surface area contributed by atoms with Crippen LogP contribution in [0.2, 0.25) is 14.3 Å².